The zero-order valence-electron chi connectivity index (χ0n) is 19.0. The second-order valence-corrected chi connectivity index (χ2v) is 8.75. The largest absolute Gasteiger partial charge is 0.495 e. The maximum atomic E-state index is 12.5. The molecule has 1 aromatic carbocycles. The first-order chi connectivity index (χ1) is 14.6. The average molecular weight is 435 g/mol. The van der Waals surface area contributed by atoms with E-state index in [1.165, 1.54) is 14.0 Å². The van der Waals surface area contributed by atoms with Crippen LogP contribution in [0.3, 0.4) is 0 Å². The molecule has 1 aliphatic rings. The minimum absolute atomic E-state index is 0.149. The summed E-state index contributed by atoms with van der Waals surface area (Å²) in [6.07, 6.45) is 1.39. The summed E-state index contributed by atoms with van der Waals surface area (Å²) in [5, 5.41) is 8.38. The van der Waals surface area contributed by atoms with Gasteiger partial charge in [-0.25, -0.2) is 4.79 Å². The van der Waals surface area contributed by atoms with Crippen molar-refractivity contribution in [2.45, 2.75) is 46.1 Å². The first-order valence-electron chi connectivity index (χ1n) is 10.5. The molecule has 31 heavy (non-hydrogen) atoms. The Labute approximate surface area is 183 Å². The van der Waals surface area contributed by atoms with Crippen LogP contribution in [0.5, 0.6) is 5.75 Å². The lowest BCUT2D eigenvalue weighted by Gasteiger charge is -2.31. The molecular weight excluding hydrogens is 400 g/mol. The Kier molecular flexibility index (Phi) is 8.67. The van der Waals surface area contributed by atoms with Gasteiger partial charge in [0, 0.05) is 19.2 Å². The van der Waals surface area contributed by atoms with Crippen LogP contribution in [0.15, 0.2) is 18.2 Å². The molecule has 1 saturated heterocycles. The number of nitrogens with zero attached hydrogens (tertiary/aromatic N) is 1. The van der Waals surface area contributed by atoms with Crippen LogP contribution in [-0.4, -0.2) is 61.7 Å². The van der Waals surface area contributed by atoms with Crippen LogP contribution in [0, 0.1) is 5.92 Å². The van der Waals surface area contributed by atoms with Crippen LogP contribution in [0.25, 0.3) is 0 Å². The van der Waals surface area contributed by atoms with Crippen molar-refractivity contribution in [1.82, 2.24) is 10.2 Å². The molecule has 0 aliphatic carbocycles. The van der Waals surface area contributed by atoms with Crippen molar-refractivity contribution in [2.75, 3.05) is 43.9 Å². The monoisotopic (exact) mass is 434 g/mol. The number of likely N-dealkylation sites (tertiary alicyclic amines) is 1. The Morgan fingerprint density at radius 3 is 2.39 bits per heavy atom. The number of anilines is 2. The van der Waals surface area contributed by atoms with E-state index in [2.05, 4.69) is 20.9 Å². The van der Waals surface area contributed by atoms with Crippen molar-refractivity contribution in [2.24, 2.45) is 5.92 Å². The van der Waals surface area contributed by atoms with Gasteiger partial charge in [0.05, 0.1) is 19.3 Å². The summed E-state index contributed by atoms with van der Waals surface area (Å²) >= 11 is 0. The second kappa shape index (κ2) is 11.0. The van der Waals surface area contributed by atoms with Gasteiger partial charge in [0.25, 0.3) is 0 Å². The number of carbonyl (C=O) groups excluding carboxylic acids is 3. The van der Waals surface area contributed by atoms with E-state index in [0.29, 0.717) is 29.6 Å². The number of hydrogen-bond donors (Lipinski definition) is 3. The smallest absolute Gasteiger partial charge is 0.407 e. The van der Waals surface area contributed by atoms with Crippen LogP contribution in [0.4, 0.5) is 16.2 Å². The number of carbonyl (C=O) groups is 3. The standard InChI is InChI=1S/C22H34N4O5/c1-15(27)24-17-6-7-19(30-5)18(12-17)25-20(28)14-26-10-8-16(9-11-26)13-23-21(29)31-22(2,3)4/h6-7,12,16H,8-11,13-14H2,1-5H3,(H,23,29)(H,24,27)(H,25,28). The number of methoxy groups -OCH3 is 1. The van der Waals surface area contributed by atoms with Gasteiger partial charge in [-0.2, -0.15) is 0 Å². The molecule has 0 bridgehead atoms. The molecule has 9 nitrogen and oxygen atoms in total. The molecular formula is C22H34N4O5. The first kappa shape index (κ1) is 24.5. The highest BCUT2D eigenvalue weighted by Gasteiger charge is 2.23. The number of amides is 3. The Morgan fingerprint density at radius 1 is 1.13 bits per heavy atom. The van der Waals surface area contributed by atoms with E-state index < -0.39 is 11.7 Å². The molecule has 0 saturated carbocycles. The molecule has 3 amide bonds. The van der Waals surface area contributed by atoms with Gasteiger partial charge < -0.3 is 25.4 Å². The third kappa shape index (κ3) is 8.84. The lowest BCUT2D eigenvalue weighted by molar-refractivity contribution is -0.117. The summed E-state index contributed by atoms with van der Waals surface area (Å²) in [4.78, 5) is 37.7. The molecule has 9 heteroatoms. The Hall–Kier alpha value is -2.81. The lowest BCUT2D eigenvalue weighted by Crippen LogP contribution is -2.42. The second-order valence-electron chi connectivity index (χ2n) is 8.75. The van der Waals surface area contributed by atoms with E-state index in [1.807, 2.05) is 20.8 Å². The van der Waals surface area contributed by atoms with Gasteiger partial charge in [-0.3, -0.25) is 14.5 Å². The van der Waals surface area contributed by atoms with Crippen LogP contribution in [0.2, 0.25) is 0 Å². The highest BCUT2D eigenvalue weighted by molar-refractivity contribution is 5.95. The summed E-state index contributed by atoms with van der Waals surface area (Å²) in [7, 11) is 1.53. The fraction of sp³-hybridized carbons (Fsp3) is 0.591. The summed E-state index contributed by atoms with van der Waals surface area (Å²) in [5.74, 6) is 0.547. The summed E-state index contributed by atoms with van der Waals surface area (Å²) in [6.45, 7) is 9.32. The van der Waals surface area contributed by atoms with Gasteiger partial charge in [-0.15, -0.1) is 0 Å². The third-order valence-corrected chi connectivity index (χ3v) is 4.80. The number of ether oxygens (including phenoxy) is 2. The Balaban J connectivity index is 1.79. The van der Waals surface area contributed by atoms with Gasteiger partial charge >= 0.3 is 6.09 Å². The minimum atomic E-state index is -0.509. The van der Waals surface area contributed by atoms with Crippen LogP contribution < -0.4 is 20.7 Å². The Morgan fingerprint density at radius 2 is 1.81 bits per heavy atom. The van der Waals surface area contributed by atoms with Gasteiger partial charge in [0.15, 0.2) is 0 Å². The molecule has 172 valence electrons. The summed E-state index contributed by atoms with van der Waals surface area (Å²) < 4.78 is 10.6. The molecule has 0 aromatic heterocycles. The fourth-order valence-electron chi connectivity index (χ4n) is 3.37. The number of alkyl carbamates (subject to hydrolysis) is 1. The van der Waals surface area contributed by atoms with Crippen molar-refractivity contribution in [3.05, 3.63) is 18.2 Å². The van der Waals surface area contributed by atoms with E-state index in [9.17, 15) is 14.4 Å². The molecule has 0 unspecified atom stereocenters. The van der Waals surface area contributed by atoms with Crippen LogP contribution >= 0.6 is 0 Å². The van der Waals surface area contributed by atoms with E-state index in [0.717, 1.165) is 25.9 Å². The third-order valence-electron chi connectivity index (χ3n) is 4.80. The number of piperidine rings is 1. The maximum absolute atomic E-state index is 12.5. The van der Waals surface area contributed by atoms with Crippen molar-refractivity contribution < 1.29 is 23.9 Å². The van der Waals surface area contributed by atoms with E-state index in [-0.39, 0.29) is 18.4 Å². The van der Waals surface area contributed by atoms with Gasteiger partial charge in [0.2, 0.25) is 11.8 Å². The zero-order valence-corrected chi connectivity index (χ0v) is 19.0. The minimum Gasteiger partial charge on any atom is -0.495 e. The normalized spacial score (nSPS) is 15.1. The molecule has 0 spiro atoms. The topological polar surface area (TPSA) is 109 Å². The molecule has 1 aliphatic heterocycles. The van der Waals surface area contributed by atoms with Gasteiger partial charge in [-0.1, -0.05) is 0 Å². The van der Waals surface area contributed by atoms with Crippen molar-refractivity contribution >= 4 is 29.3 Å². The number of hydrogen-bond acceptors (Lipinski definition) is 6. The maximum Gasteiger partial charge on any atom is 0.407 e. The molecule has 1 heterocycles. The van der Waals surface area contributed by atoms with Crippen molar-refractivity contribution in [3.8, 4) is 5.75 Å². The molecule has 3 N–H and O–H groups in total. The first-order valence-corrected chi connectivity index (χ1v) is 10.5. The summed E-state index contributed by atoms with van der Waals surface area (Å²) in [5.41, 5.74) is 0.586. The van der Waals surface area contributed by atoms with Gasteiger partial charge in [-0.05, 0) is 70.8 Å². The van der Waals surface area contributed by atoms with Gasteiger partial charge in [0.1, 0.15) is 11.4 Å². The molecule has 0 radical (unpaired) electrons. The van der Waals surface area contributed by atoms with Crippen molar-refractivity contribution in [1.29, 1.82) is 0 Å². The SMILES string of the molecule is COc1ccc(NC(C)=O)cc1NC(=O)CN1CCC(CNC(=O)OC(C)(C)C)CC1. The molecule has 1 fully saturated rings. The van der Waals surface area contributed by atoms with E-state index in [4.69, 9.17) is 9.47 Å². The molecule has 1 aromatic rings. The quantitative estimate of drug-likeness (QED) is 0.609. The fourth-order valence-corrected chi connectivity index (χ4v) is 3.37. The Bertz CT molecular complexity index is 783. The molecule has 2 rings (SSSR count). The number of nitrogens with one attached hydrogen (secondary N) is 3. The highest BCUT2D eigenvalue weighted by atomic mass is 16.6. The highest BCUT2D eigenvalue weighted by Crippen LogP contribution is 2.28. The van der Waals surface area contributed by atoms with E-state index in [1.54, 1.807) is 18.2 Å². The van der Waals surface area contributed by atoms with Crippen LogP contribution in [0.1, 0.15) is 40.5 Å². The predicted molar refractivity (Wildman–Crippen MR) is 119 cm³/mol. The number of rotatable bonds is 7. The van der Waals surface area contributed by atoms with E-state index >= 15 is 0 Å². The van der Waals surface area contributed by atoms with Crippen LogP contribution in [-0.2, 0) is 14.3 Å². The predicted octanol–water partition coefficient (Wildman–Crippen LogP) is 2.83. The zero-order chi connectivity index (χ0) is 23.0. The summed E-state index contributed by atoms with van der Waals surface area (Å²) in [6, 6.07) is 5.09. The molecule has 0 atom stereocenters. The average Bonchev–Trinajstić information content (AvgIpc) is 2.66. The van der Waals surface area contributed by atoms with Crippen molar-refractivity contribution in [3.63, 3.8) is 0 Å². The lowest BCUT2D eigenvalue weighted by atomic mass is 9.97. The number of benzene rings is 1.